The van der Waals surface area contributed by atoms with Gasteiger partial charge < -0.3 is 5.11 Å². The number of aliphatic carboxylic acids is 1. The van der Waals surface area contributed by atoms with Crippen LogP contribution in [0.25, 0.3) is 0 Å². The Morgan fingerprint density at radius 2 is 1.43 bits per heavy atom. The third kappa shape index (κ3) is 5.96. The summed E-state index contributed by atoms with van der Waals surface area (Å²) in [7, 11) is 0. The van der Waals surface area contributed by atoms with Crippen molar-refractivity contribution in [1.82, 2.24) is 0 Å². The fraction of sp³-hybridized carbons (Fsp3) is 0.583. The average Bonchev–Trinajstić information content (AvgIpc) is 2.73. The van der Waals surface area contributed by atoms with E-state index >= 15 is 0 Å². The molecule has 1 aromatic carbocycles. The molecule has 1 aromatic rings. The summed E-state index contributed by atoms with van der Waals surface area (Å²) >= 11 is 0. The van der Waals surface area contributed by atoms with E-state index < -0.39 is 17.9 Å². The van der Waals surface area contributed by atoms with Crippen molar-refractivity contribution in [3.63, 3.8) is 0 Å². The van der Waals surface area contributed by atoms with Crippen LogP contribution in [0.3, 0.4) is 0 Å². The zero-order valence-electron chi connectivity index (χ0n) is 17.0. The fourth-order valence-corrected chi connectivity index (χ4v) is 5.25. The first-order valence-electron chi connectivity index (χ1n) is 10.8. The summed E-state index contributed by atoms with van der Waals surface area (Å²) in [6.07, 6.45) is 8.10. The quantitative estimate of drug-likeness (QED) is 0.418. The minimum absolute atomic E-state index is 0.296. The molecule has 0 spiro atoms. The number of carbonyl (C=O) groups excluding carboxylic acids is 1. The van der Waals surface area contributed by atoms with Crippen molar-refractivity contribution in [3.8, 4) is 0 Å². The van der Waals surface area contributed by atoms with Crippen molar-refractivity contribution < 1.29 is 27.9 Å². The number of alkyl halides is 3. The number of hydrogen-bond acceptors (Lipinski definition) is 2. The van der Waals surface area contributed by atoms with Gasteiger partial charge in [0.2, 0.25) is 0 Å². The van der Waals surface area contributed by atoms with Crippen LogP contribution in [-0.4, -0.2) is 23.0 Å². The summed E-state index contributed by atoms with van der Waals surface area (Å²) in [5.74, 6) is -0.283. The highest BCUT2D eigenvalue weighted by Crippen LogP contribution is 2.44. The molecule has 0 saturated heterocycles. The Hall–Kier alpha value is -2.11. The number of Topliss-reactive ketones (excluding diaryl/α,β-unsaturated/α-hetero) is 1. The first-order valence-corrected chi connectivity index (χ1v) is 10.8. The Balaban J connectivity index is 1.45. The lowest BCUT2D eigenvalue weighted by atomic mass is 9.68. The van der Waals surface area contributed by atoms with Crippen LogP contribution in [0, 0.1) is 17.8 Å². The largest absolute Gasteiger partial charge is 0.478 e. The van der Waals surface area contributed by atoms with Gasteiger partial charge in [-0.1, -0.05) is 30.3 Å². The van der Waals surface area contributed by atoms with E-state index in [1.165, 1.54) is 31.1 Å². The molecule has 0 aromatic heterocycles. The number of benzene rings is 1. The molecule has 3 rings (SSSR count). The minimum atomic E-state index is -4.83. The maximum Gasteiger partial charge on any atom is 0.454 e. The second kappa shape index (κ2) is 9.80. The summed E-state index contributed by atoms with van der Waals surface area (Å²) < 4.78 is 37.7. The second-order valence-electron chi connectivity index (χ2n) is 8.82. The molecule has 0 atom stereocenters. The lowest BCUT2D eigenvalue weighted by Gasteiger charge is -2.38. The molecule has 6 heteroatoms. The van der Waals surface area contributed by atoms with Crippen LogP contribution in [0.5, 0.6) is 0 Å². The van der Waals surface area contributed by atoms with Crippen LogP contribution >= 0.6 is 0 Å². The summed E-state index contributed by atoms with van der Waals surface area (Å²) in [6, 6.07) is 5.97. The van der Waals surface area contributed by atoms with E-state index in [-0.39, 0.29) is 5.56 Å². The van der Waals surface area contributed by atoms with E-state index in [0.717, 1.165) is 56.4 Å². The zero-order chi connectivity index (χ0) is 21.7. The van der Waals surface area contributed by atoms with E-state index in [9.17, 15) is 22.8 Å². The molecule has 3 nitrogen and oxygen atoms in total. The van der Waals surface area contributed by atoms with Gasteiger partial charge in [0, 0.05) is 11.6 Å². The summed E-state index contributed by atoms with van der Waals surface area (Å²) in [5.41, 5.74) is 0.732. The molecule has 2 saturated carbocycles. The molecule has 0 unspecified atom stereocenters. The van der Waals surface area contributed by atoms with Gasteiger partial charge in [0.15, 0.2) is 0 Å². The number of carboxylic acid groups (broad SMARTS) is 1. The molecule has 0 radical (unpaired) electrons. The first-order chi connectivity index (χ1) is 14.2. The van der Waals surface area contributed by atoms with E-state index in [1.807, 2.05) is 0 Å². The monoisotopic (exact) mass is 422 g/mol. The third-order valence-electron chi connectivity index (χ3n) is 6.96. The van der Waals surface area contributed by atoms with Crippen LogP contribution in [0.15, 0.2) is 36.4 Å². The van der Waals surface area contributed by atoms with Crippen molar-refractivity contribution >= 4 is 11.8 Å². The normalized spacial score (nSPS) is 27.8. The maximum absolute atomic E-state index is 12.6. The highest BCUT2D eigenvalue weighted by Gasteiger charge is 2.39. The van der Waals surface area contributed by atoms with Crippen LogP contribution in [0.2, 0.25) is 0 Å². The number of carboxylic acids is 1. The number of allylic oxidation sites excluding steroid dienone is 1. The smallest absolute Gasteiger partial charge is 0.454 e. The topological polar surface area (TPSA) is 54.4 Å². The number of hydrogen-bond donors (Lipinski definition) is 1. The minimum Gasteiger partial charge on any atom is -0.478 e. The number of carbonyl (C=O) groups is 2. The van der Waals surface area contributed by atoms with Crippen LogP contribution in [-0.2, 0) is 4.79 Å². The van der Waals surface area contributed by atoms with Crippen molar-refractivity contribution in [1.29, 1.82) is 0 Å². The number of ketones is 1. The second-order valence-corrected chi connectivity index (χ2v) is 8.82. The zero-order valence-corrected chi connectivity index (χ0v) is 17.0. The molecular formula is C24H29F3O3. The molecule has 0 heterocycles. The predicted octanol–water partition coefficient (Wildman–Crippen LogP) is 6.54. The predicted molar refractivity (Wildman–Crippen MR) is 108 cm³/mol. The van der Waals surface area contributed by atoms with Crippen molar-refractivity contribution in [2.75, 3.05) is 0 Å². The number of rotatable bonds is 6. The van der Waals surface area contributed by atoms with Crippen molar-refractivity contribution in [2.24, 2.45) is 17.8 Å². The van der Waals surface area contributed by atoms with Crippen molar-refractivity contribution in [2.45, 2.75) is 69.9 Å². The highest BCUT2D eigenvalue weighted by molar-refractivity contribution is 6.00. The average molecular weight is 422 g/mol. The van der Waals surface area contributed by atoms with Gasteiger partial charge in [-0.2, -0.15) is 13.2 Å². The summed E-state index contributed by atoms with van der Waals surface area (Å²) in [4.78, 5) is 21.9. The molecule has 2 fully saturated rings. The Bertz CT molecular complexity index is 751. The Morgan fingerprint density at radius 1 is 0.900 bits per heavy atom. The van der Waals surface area contributed by atoms with Gasteiger partial charge in [0.25, 0.3) is 5.78 Å². The molecule has 1 N–H and O–H groups in total. The molecule has 0 amide bonds. The van der Waals surface area contributed by atoms with E-state index in [0.29, 0.717) is 17.8 Å². The Morgan fingerprint density at radius 3 is 1.93 bits per heavy atom. The van der Waals surface area contributed by atoms with Gasteiger partial charge in [-0.3, -0.25) is 4.79 Å². The molecular weight excluding hydrogens is 393 g/mol. The van der Waals surface area contributed by atoms with Crippen LogP contribution < -0.4 is 0 Å². The molecule has 0 aliphatic heterocycles. The summed E-state index contributed by atoms with van der Waals surface area (Å²) in [5, 5.41) is 8.68. The first kappa shape index (κ1) is 22.6. The van der Waals surface area contributed by atoms with Crippen LogP contribution in [0.1, 0.15) is 79.6 Å². The Labute approximate surface area is 175 Å². The molecule has 2 aliphatic rings. The van der Waals surface area contributed by atoms with Gasteiger partial charge in [-0.25, -0.2) is 4.79 Å². The number of halogens is 3. The van der Waals surface area contributed by atoms with Gasteiger partial charge in [0.1, 0.15) is 0 Å². The van der Waals surface area contributed by atoms with Gasteiger partial charge in [-0.15, -0.1) is 0 Å². The van der Waals surface area contributed by atoms with E-state index in [2.05, 4.69) is 0 Å². The van der Waals surface area contributed by atoms with E-state index in [1.54, 1.807) is 18.2 Å². The summed E-state index contributed by atoms with van der Waals surface area (Å²) in [6.45, 7) is 0. The van der Waals surface area contributed by atoms with Gasteiger partial charge in [-0.05, 0) is 87.0 Å². The standard InChI is InChI=1S/C24H29F3O3/c25-24(26,27)23(30)21-14-12-20(13-15-21)19-10-8-18(9-11-19)17-6-4-16(5-7-17)2-1-3-22(28)29/h1,3,12-19H,2,4-11H2,(H,28,29)/b3-1+/t16-,17-,18-,19-. The van der Waals surface area contributed by atoms with E-state index in [4.69, 9.17) is 5.11 Å². The van der Waals surface area contributed by atoms with Gasteiger partial charge in [0.05, 0.1) is 0 Å². The SMILES string of the molecule is O=C(O)/C=C/C[C@H]1CC[C@H]([C@H]2CC[C@H](c3ccc(C(=O)C(F)(F)F)cc3)CC2)CC1. The molecule has 164 valence electrons. The van der Waals surface area contributed by atoms with Crippen LogP contribution in [0.4, 0.5) is 13.2 Å². The highest BCUT2D eigenvalue weighted by atomic mass is 19.4. The van der Waals surface area contributed by atoms with Gasteiger partial charge >= 0.3 is 12.1 Å². The lowest BCUT2D eigenvalue weighted by molar-refractivity contribution is -0.131. The molecule has 30 heavy (non-hydrogen) atoms. The molecule has 2 aliphatic carbocycles. The Kier molecular flexibility index (Phi) is 7.37. The lowest BCUT2D eigenvalue weighted by Crippen LogP contribution is -2.25. The molecule has 0 bridgehead atoms. The van der Waals surface area contributed by atoms with Crippen molar-refractivity contribution in [3.05, 3.63) is 47.5 Å². The maximum atomic E-state index is 12.6. The fourth-order valence-electron chi connectivity index (χ4n) is 5.25. The third-order valence-corrected chi connectivity index (χ3v) is 6.96.